The fraction of sp³-hybridized carbons (Fsp3) is 0.304. The number of fused-ring (bicyclic) bond motifs is 3. The molecule has 35 heavy (non-hydrogen) atoms. The fourth-order valence-corrected chi connectivity index (χ4v) is 4.74. The minimum atomic E-state index is -2.88. The maximum atomic E-state index is 13.7. The van der Waals surface area contributed by atoms with Gasteiger partial charge in [0.05, 0.1) is 42.5 Å². The summed E-state index contributed by atoms with van der Waals surface area (Å²) >= 11 is 5.82. The smallest absolute Gasteiger partial charge is 0.284 e. The molecule has 5 heterocycles. The standard InChI is InChI=1S/C23H20ClF2N7O2/c24-8-13-1-3-14(4-2-13)33-11-18(20(30-33)21(25)26)28-23(34)17-9-27-32-6-5-19(29-22(17)32)31-10-16-7-15(31)12-35-16/h1-6,9,11,15-16,21H,7-8,10,12H2,(H,28,34). The van der Waals surface area contributed by atoms with Crippen molar-refractivity contribution in [1.82, 2.24) is 24.4 Å². The van der Waals surface area contributed by atoms with Crippen LogP contribution in [0.3, 0.4) is 0 Å². The van der Waals surface area contributed by atoms with Gasteiger partial charge in [-0.05, 0) is 30.2 Å². The van der Waals surface area contributed by atoms with Crippen LogP contribution in [-0.2, 0) is 10.6 Å². The van der Waals surface area contributed by atoms with Gasteiger partial charge in [-0.3, -0.25) is 4.79 Å². The summed E-state index contributed by atoms with van der Waals surface area (Å²) in [6, 6.07) is 9.11. The van der Waals surface area contributed by atoms with E-state index in [2.05, 4.69) is 25.4 Å². The lowest BCUT2D eigenvalue weighted by molar-refractivity contribution is 0.0988. The SMILES string of the molecule is O=C(Nc1cn(-c2ccc(CCl)cc2)nc1C(F)F)c1cnn2ccc(N3CC4CC3CO4)nc12. The molecule has 4 aromatic rings. The molecule has 2 aliphatic rings. The number of ether oxygens (including phenoxy) is 1. The van der Waals surface area contributed by atoms with E-state index in [9.17, 15) is 13.6 Å². The molecule has 2 bridgehead atoms. The monoisotopic (exact) mass is 499 g/mol. The average Bonchev–Trinajstić information content (AvgIpc) is 3.66. The van der Waals surface area contributed by atoms with Crippen molar-refractivity contribution in [3.05, 3.63) is 65.7 Å². The predicted octanol–water partition coefficient (Wildman–Crippen LogP) is 3.82. The van der Waals surface area contributed by atoms with Gasteiger partial charge >= 0.3 is 0 Å². The van der Waals surface area contributed by atoms with Gasteiger partial charge in [0.2, 0.25) is 0 Å². The largest absolute Gasteiger partial charge is 0.374 e. The topological polar surface area (TPSA) is 89.6 Å². The molecule has 1 N–H and O–H groups in total. The number of hydrogen-bond donors (Lipinski definition) is 1. The Balaban J connectivity index is 1.29. The van der Waals surface area contributed by atoms with Gasteiger partial charge in [-0.25, -0.2) is 23.0 Å². The fourth-order valence-electron chi connectivity index (χ4n) is 4.56. The molecule has 0 radical (unpaired) electrons. The van der Waals surface area contributed by atoms with E-state index in [0.717, 1.165) is 24.3 Å². The van der Waals surface area contributed by atoms with Gasteiger partial charge < -0.3 is 15.0 Å². The molecule has 2 atom stereocenters. The molecule has 1 aromatic carbocycles. The number of nitrogens with zero attached hydrogens (tertiary/aromatic N) is 6. The maximum Gasteiger partial charge on any atom is 0.284 e. The van der Waals surface area contributed by atoms with Crippen molar-refractivity contribution in [3.63, 3.8) is 0 Å². The molecule has 6 rings (SSSR count). The van der Waals surface area contributed by atoms with Crippen LogP contribution in [0.1, 0.15) is 34.5 Å². The predicted molar refractivity (Wildman–Crippen MR) is 125 cm³/mol. The molecule has 0 aliphatic carbocycles. The Kier molecular flexibility index (Phi) is 5.37. The minimum absolute atomic E-state index is 0.0871. The van der Waals surface area contributed by atoms with E-state index in [1.54, 1.807) is 30.5 Å². The number of morpholine rings is 1. The lowest BCUT2D eigenvalue weighted by atomic mass is 10.2. The molecular weight excluding hydrogens is 480 g/mol. The number of rotatable bonds is 6. The highest BCUT2D eigenvalue weighted by Gasteiger charge is 2.39. The van der Waals surface area contributed by atoms with Crippen LogP contribution in [0.4, 0.5) is 20.3 Å². The number of alkyl halides is 3. The number of amides is 1. The Morgan fingerprint density at radius 1 is 1.26 bits per heavy atom. The summed E-state index contributed by atoms with van der Waals surface area (Å²) in [6.45, 7) is 1.39. The van der Waals surface area contributed by atoms with Crippen molar-refractivity contribution in [3.8, 4) is 5.69 Å². The van der Waals surface area contributed by atoms with Gasteiger partial charge in [-0.15, -0.1) is 11.6 Å². The third kappa shape index (κ3) is 3.90. The molecule has 9 nitrogen and oxygen atoms in total. The number of aromatic nitrogens is 5. The van der Waals surface area contributed by atoms with Crippen molar-refractivity contribution >= 4 is 34.7 Å². The normalized spacial score (nSPS) is 19.3. The first-order chi connectivity index (χ1) is 17.0. The number of nitrogens with one attached hydrogen (secondary N) is 1. The Bertz CT molecular complexity index is 1400. The zero-order valence-corrected chi connectivity index (χ0v) is 19.1. The highest BCUT2D eigenvalue weighted by atomic mass is 35.5. The van der Waals surface area contributed by atoms with E-state index in [0.29, 0.717) is 23.8 Å². The van der Waals surface area contributed by atoms with E-state index >= 15 is 0 Å². The van der Waals surface area contributed by atoms with E-state index in [1.807, 2.05) is 6.07 Å². The van der Waals surface area contributed by atoms with Crippen LogP contribution in [-0.4, -0.2) is 55.6 Å². The van der Waals surface area contributed by atoms with Crippen LogP contribution in [0.25, 0.3) is 11.3 Å². The molecule has 3 aromatic heterocycles. The number of halogens is 3. The van der Waals surface area contributed by atoms with E-state index in [1.165, 1.54) is 21.6 Å². The van der Waals surface area contributed by atoms with Gasteiger partial charge in [-0.1, -0.05) is 12.1 Å². The number of carbonyl (C=O) groups is 1. The van der Waals surface area contributed by atoms with Crippen molar-refractivity contribution in [2.75, 3.05) is 23.4 Å². The minimum Gasteiger partial charge on any atom is -0.374 e. The summed E-state index contributed by atoms with van der Waals surface area (Å²) in [5.74, 6) is 0.463. The van der Waals surface area contributed by atoms with E-state index < -0.39 is 18.0 Å². The molecule has 0 saturated carbocycles. The summed E-state index contributed by atoms with van der Waals surface area (Å²) < 4.78 is 35.9. The van der Waals surface area contributed by atoms with Crippen molar-refractivity contribution in [2.45, 2.75) is 30.9 Å². The van der Waals surface area contributed by atoms with Crippen LogP contribution in [0.15, 0.2) is 48.9 Å². The van der Waals surface area contributed by atoms with Crippen LogP contribution >= 0.6 is 11.6 Å². The summed E-state index contributed by atoms with van der Waals surface area (Å²) in [4.78, 5) is 19.9. The zero-order valence-electron chi connectivity index (χ0n) is 18.3. The van der Waals surface area contributed by atoms with Crippen molar-refractivity contribution in [1.29, 1.82) is 0 Å². The Morgan fingerprint density at radius 3 is 2.77 bits per heavy atom. The molecule has 2 aliphatic heterocycles. The first-order valence-electron chi connectivity index (χ1n) is 11.1. The lowest BCUT2D eigenvalue weighted by Crippen LogP contribution is -2.37. The summed E-state index contributed by atoms with van der Waals surface area (Å²) in [6.07, 6.45) is 2.73. The van der Waals surface area contributed by atoms with Crippen molar-refractivity contribution < 1.29 is 18.3 Å². The average molecular weight is 500 g/mol. The zero-order chi connectivity index (χ0) is 24.1. The highest BCUT2D eigenvalue weighted by Crippen LogP contribution is 2.32. The molecule has 180 valence electrons. The molecule has 1 amide bonds. The summed E-state index contributed by atoms with van der Waals surface area (Å²) in [7, 11) is 0. The lowest BCUT2D eigenvalue weighted by Gasteiger charge is -2.27. The highest BCUT2D eigenvalue weighted by molar-refractivity contribution is 6.17. The van der Waals surface area contributed by atoms with Gasteiger partial charge in [-0.2, -0.15) is 10.2 Å². The Hall–Kier alpha value is -3.57. The van der Waals surface area contributed by atoms with Crippen molar-refractivity contribution in [2.24, 2.45) is 0 Å². The maximum absolute atomic E-state index is 13.7. The van der Waals surface area contributed by atoms with E-state index in [4.69, 9.17) is 16.3 Å². The number of benzene rings is 1. The molecule has 0 spiro atoms. The second-order valence-electron chi connectivity index (χ2n) is 8.54. The Morgan fingerprint density at radius 2 is 2.09 bits per heavy atom. The van der Waals surface area contributed by atoms with Crippen LogP contribution in [0.2, 0.25) is 0 Å². The van der Waals surface area contributed by atoms with Crippen LogP contribution < -0.4 is 10.2 Å². The van der Waals surface area contributed by atoms with Crippen LogP contribution in [0, 0.1) is 0 Å². The first kappa shape index (κ1) is 21.9. The molecular formula is C23H20ClF2N7O2. The first-order valence-corrected chi connectivity index (χ1v) is 11.6. The van der Waals surface area contributed by atoms with Gasteiger partial charge in [0, 0.05) is 18.6 Å². The second kappa shape index (κ2) is 8.58. The molecule has 2 saturated heterocycles. The quantitative estimate of drug-likeness (QED) is 0.406. The summed E-state index contributed by atoms with van der Waals surface area (Å²) in [5, 5.41) is 10.7. The third-order valence-electron chi connectivity index (χ3n) is 6.35. The van der Waals surface area contributed by atoms with Gasteiger partial charge in [0.15, 0.2) is 11.3 Å². The molecule has 12 heteroatoms. The molecule has 2 fully saturated rings. The summed E-state index contributed by atoms with van der Waals surface area (Å²) in [5.41, 5.74) is 1.35. The molecule has 2 unspecified atom stereocenters. The third-order valence-corrected chi connectivity index (χ3v) is 6.66. The van der Waals surface area contributed by atoms with E-state index in [-0.39, 0.29) is 23.4 Å². The number of hydrogen-bond acceptors (Lipinski definition) is 6. The Labute approximate surface area is 203 Å². The van der Waals surface area contributed by atoms with Gasteiger partial charge in [0.1, 0.15) is 11.4 Å². The van der Waals surface area contributed by atoms with Gasteiger partial charge in [0.25, 0.3) is 12.3 Å². The number of carbonyl (C=O) groups excluding carboxylic acids is 1. The van der Waals surface area contributed by atoms with Crippen LogP contribution in [0.5, 0.6) is 0 Å². The number of anilines is 2. The second-order valence-corrected chi connectivity index (χ2v) is 8.80.